The first-order chi connectivity index (χ1) is 13.3. The molecule has 0 aromatic heterocycles. The molecule has 0 spiro atoms. The second-order valence-electron chi connectivity index (χ2n) is 7.30. The normalized spacial score (nSPS) is 20.8. The van der Waals surface area contributed by atoms with Crippen molar-refractivity contribution in [2.45, 2.75) is 29.0 Å². The van der Waals surface area contributed by atoms with Crippen LogP contribution in [0.2, 0.25) is 0 Å². The monoisotopic (exact) mass is 371 g/mol. The summed E-state index contributed by atoms with van der Waals surface area (Å²) in [5.74, 6) is 0.514. The number of thioether (sulfide) groups is 1. The Morgan fingerprint density at radius 2 is 1.56 bits per heavy atom. The molecule has 3 aromatic rings. The molecule has 3 aromatic carbocycles. The highest BCUT2D eigenvalue weighted by molar-refractivity contribution is 8.01. The van der Waals surface area contributed by atoms with E-state index in [1.54, 1.807) is 11.8 Å². The molecule has 27 heavy (non-hydrogen) atoms. The highest BCUT2D eigenvalue weighted by atomic mass is 32.2. The van der Waals surface area contributed by atoms with Crippen molar-refractivity contribution in [3.05, 3.63) is 101 Å². The third-order valence-corrected chi connectivity index (χ3v) is 6.94. The quantitative estimate of drug-likeness (QED) is 0.640. The van der Waals surface area contributed by atoms with Crippen LogP contribution in [0.3, 0.4) is 0 Å². The van der Waals surface area contributed by atoms with Gasteiger partial charge in [0.2, 0.25) is 5.91 Å². The van der Waals surface area contributed by atoms with E-state index >= 15 is 0 Å². The van der Waals surface area contributed by atoms with Crippen molar-refractivity contribution in [2.75, 3.05) is 6.54 Å². The van der Waals surface area contributed by atoms with Crippen molar-refractivity contribution >= 4 is 17.7 Å². The number of hydrogen-bond acceptors (Lipinski definition) is 2. The molecule has 0 aliphatic carbocycles. The number of hydrogen-bond donors (Lipinski definition) is 0. The van der Waals surface area contributed by atoms with Gasteiger partial charge < -0.3 is 4.90 Å². The van der Waals surface area contributed by atoms with Crippen molar-refractivity contribution in [2.24, 2.45) is 0 Å². The zero-order chi connectivity index (χ0) is 18.2. The lowest BCUT2D eigenvalue weighted by Gasteiger charge is -2.36. The van der Waals surface area contributed by atoms with Gasteiger partial charge in [0.25, 0.3) is 0 Å². The smallest absolute Gasteiger partial charge is 0.236 e. The lowest BCUT2D eigenvalue weighted by molar-refractivity contribution is -0.131. The minimum Gasteiger partial charge on any atom is -0.336 e. The highest BCUT2D eigenvalue weighted by Gasteiger charge is 2.35. The summed E-state index contributed by atoms with van der Waals surface area (Å²) < 4.78 is 0. The van der Waals surface area contributed by atoms with Crippen molar-refractivity contribution < 1.29 is 4.79 Å². The molecule has 2 nitrogen and oxygen atoms in total. The number of rotatable bonds is 2. The van der Waals surface area contributed by atoms with Gasteiger partial charge in [0.05, 0.1) is 5.25 Å². The maximum absolute atomic E-state index is 13.4. The van der Waals surface area contributed by atoms with Crippen LogP contribution in [0.15, 0.2) is 83.8 Å². The molecule has 5 rings (SSSR count). The molecular formula is C24H21NOS. The number of nitrogens with zero attached hydrogens (tertiary/aromatic N) is 1. The van der Waals surface area contributed by atoms with Gasteiger partial charge in [0.1, 0.15) is 0 Å². The van der Waals surface area contributed by atoms with E-state index in [2.05, 4.69) is 77.7 Å². The van der Waals surface area contributed by atoms with Crippen LogP contribution < -0.4 is 0 Å². The summed E-state index contributed by atoms with van der Waals surface area (Å²) in [7, 11) is 0. The van der Waals surface area contributed by atoms with Crippen LogP contribution in [-0.2, 0) is 17.8 Å². The lowest BCUT2D eigenvalue weighted by atomic mass is 9.84. The predicted octanol–water partition coefficient (Wildman–Crippen LogP) is 4.88. The molecule has 0 unspecified atom stereocenters. The van der Waals surface area contributed by atoms with E-state index in [0.29, 0.717) is 6.54 Å². The summed E-state index contributed by atoms with van der Waals surface area (Å²) in [5.41, 5.74) is 5.21. The van der Waals surface area contributed by atoms with Crippen LogP contribution in [0.25, 0.3) is 0 Å². The fraction of sp³-hybridized carbons (Fsp3) is 0.208. The summed E-state index contributed by atoms with van der Waals surface area (Å²) >= 11 is 1.73. The number of benzene rings is 3. The average molecular weight is 372 g/mol. The fourth-order valence-corrected chi connectivity index (χ4v) is 5.55. The number of carbonyl (C=O) groups is 1. The Kier molecular flexibility index (Phi) is 4.25. The van der Waals surface area contributed by atoms with Gasteiger partial charge in [0.15, 0.2) is 0 Å². The Morgan fingerprint density at radius 1 is 0.852 bits per heavy atom. The third-order valence-electron chi connectivity index (χ3n) is 5.63. The number of amides is 1. The molecule has 2 aliphatic rings. The van der Waals surface area contributed by atoms with Crippen molar-refractivity contribution in [3.8, 4) is 0 Å². The minimum absolute atomic E-state index is 0.00378. The Hall–Kier alpha value is -2.52. The first kappa shape index (κ1) is 16.6. The van der Waals surface area contributed by atoms with E-state index in [9.17, 15) is 4.79 Å². The topological polar surface area (TPSA) is 20.3 Å². The molecular weight excluding hydrogens is 350 g/mol. The molecule has 3 heteroatoms. The zero-order valence-electron chi connectivity index (χ0n) is 15.0. The van der Waals surface area contributed by atoms with E-state index < -0.39 is 0 Å². The van der Waals surface area contributed by atoms with Crippen molar-refractivity contribution in [3.63, 3.8) is 0 Å². The van der Waals surface area contributed by atoms with Crippen LogP contribution in [0.5, 0.6) is 0 Å². The Balaban J connectivity index is 1.44. The van der Waals surface area contributed by atoms with Gasteiger partial charge >= 0.3 is 0 Å². The molecule has 0 fully saturated rings. The largest absolute Gasteiger partial charge is 0.336 e. The summed E-state index contributed by atoms with van der Waals surface area (Å²) in [5, 5.41) is 0.00378. The molecule has 0 radical (unpaired) electrons. The molecule has 0 N–H and O–H groups in total. The van der Waals surface area contributed by atoms with Crippen molar-refractivity contribution in [1.29, 1.82) is 0 Å². The Morgan fingerprint density at radius 3 is 2.37 bits per heavy atom. The number of carbonyl (C=O) groups excluding carboxylic acids is 1. The van der Waals surface area contributed by atoms with E-state index in [1.807, 2.05) is 6.07 Å². The molecule has 0 bridgehead atoms. The molecule has 1 amide bonds. The van der Waals surface area contributed by atoms with E-state index in [0.717, 1.165) is 13.0 Å². The molecule has 2 heterocycles. The van der Waals surface area contributed by atoms with E-state index in [4.69, 9.17) is 0 Å². The van der Waals surface area contributed by atoms with Gasteiger partial charge in [-0.05, 0) is 34.7 Å². The second-order valence-corrected chi connectivity index (χ2v) is 8.54. The molecule has 134 valence electrons. The zero-order valence-corrected chi connectivity index (χ0v) is 15.9. The van der Waals surface area contributed by atoms with Gasteiger partial charge in [-0.2, -0.15) is 0 Å². The predicted molar refractivity (Wildman–Crippen MR) is 110 cm³/mol. The van der Waals surface area contributed by atoms with Gasteiger partial charge in [-0.3, -0.25) is 4.79 Å². The second kappa shape index (κ2) is 6.90. The lowest BCUT2D eigenvalue weighted by Crippen LogP contribution is -2.42. The Bertz CT molecular complexity index is 959. The summed E-state index contributed by atoms with van der Waals surface area (Å²) in [6.45, 7) is 1.47. The van der Waals surface area contributed by atoms with Gasteiger partial charge in [-0.25, -0.2) is 0 Å². The van der Waals surface area contributed by atoms with Crippen LogP contribution in [0.1, 0.15) is 28.2 Å². The van der Waals surface area contributed by atoms with Gasteiger partial charge in [0, 0.05) is 23.9 Å². The molecule has 0 saturated carbocycles. The van der Waals surface area contributed by atoms with E-state index in [1.165, 1.54) is 27.1 Å². The summed E-state index contributed by atoms with van der Waals surface area (Å²) in [6, 6.07) is 27.5. The summed E-state index contributed by atoms with van der Waals surface area (Å²) in [4.78, 5) is 16.7. The molecule has 2 aliphatic heterocycles. The maximum Gasteiger partial charge on any atom is 0.236 e. The van der Waals surface area contributed by atoms with Gasteiger partial charge in [-0.1, -0.05) is 72.8 Å². The standard InChI is InChI=1S/C24H21NOS/c26-24(23-14-18-10-5-7-13-22(18)27-23)25-15-19-11-4-6-12-20(19)21(16-25)17-8-2-1-3-9-17/h1-13,21,23H,14-16H2/t21-,23-/m1/s1. The maximum atomic E-state index is 13.4. The summed E-state index contributed by atoms with van der Waals surface area (Å²) in [6.07, 6.45) is 0.841. The van der Waals surface area contributed by atoms with Crippen LogP contribution in [0.4, 0.5) is 0 Å². The third kappa shape index (κ3) is 3.06. The SMILES string of the molecule is O=C([C@H]1Cc2ccccc2S1)N1Cc2ccccc2[C@@H](c2ccccc2)C1. The van der Waals surface area contributed by atoms with Crippen molar-refractivity contribution in [1.82, 2.24) is 4.90 Å². The van der Waals surface area contributed by atoms with E-state index in [-0.39, 0.29) is 17.1 Å². The van der Waals surface area contributed by atoms with Crippen LogP contribution in [-0.4, -0.2) is 22.6 Å². The molecule has 0 saturated heterocycles. The van der Waals surface area contributed by atoms with Gasteiger partial charge in [-0.15, -0.1) is 11.8 Å². The minimum atomic E-state index is 0.00378. The van der Waals surface area contributed by atoms with Crippen LogP contribution >= 0.6 is 11.8 Å². The Labute approximate surface area is 164 Å². The van der Waals surface area contributed by atoms with Crippen LogP contribution in [0, 0.1) is 0 Å². The first-order valence-corrected chi connectivity index (χ1v) is 10.3. The highest BCUT2D eigenvalue weighted by Crippen LogP contribution is 2.40. The number of fused-ring (bicyclic) bond motifs is 2. The first-order valence-electron chi connectivity index (χ1n) is 9.46. The fourth-order valence-electron chi connectivity index (χ4n) is 4.27. The molecule has 2 atom stereocenters. The average Bonchev–Trinajstić information content (AvgIpc) is 3.17.